The molecule has 0 aromatic heterocycles. The maximum Gasteiger partial charge on any atom is 0.405 e. The second-order valence-corrected chi connectivity index (χ2v) is 4.03. The van der Waals surface area contributed by atoms with Gasteiger partial charge in [0.2, 0.25) is 0 Å². The molecule has 0 heterocycles. The fraction of sp³-hybridized carbons (Fsp3) is 0.200. The lowest BCUT2D eigenvalue weighted by Crippen LogP contribution is -2.37. The standard InChI is InChI=1S/C10H10ClF3N4O2/c11-5-1-2-6(8(15)18-20)7(3-5)17-9(19)16-4-10(12,13)14/h1-3,20H,4H2,(H2,15,18)(H2,16,17,19). The first kappa shape index (κ1) is 15.9. The SMILES string of the molecule is N/C(=N/O)c1ccc(Cl)cc1NC(=O)NCC(F)(F)F. The van der Waals surface area contributed by atoms with Crippen molar-refractivity contribution in [2.45, 2.75) is 6.18 Å². The summed E-state index contributed by atoms with van der Waals surface area (Å²) in [5.74, 6) is -0.326. The first-order chi connectivity index (χ1) is 9.23. The Morgan fingerprint density at radius 3 is 2.65 bits per heavy atom. The third kappa shape index (κ3) is 4.84. The molecule has 5 N–H and O–H groups in total. The van der Waals surface area contributed by atoms with Gasteiger partial charge in [0, 0.05) is 10.6 Å². The number of urea groups is 1. The van der Waals surface area contributed by atoms with Crippen molar-refractivity contribution in [3.05, 3.63) is 28.8 Å². The van der Waals surface area contributed by atoms with Crippen molar-refractivity contribution in [1.82, 2.24) is 5.32 Å². The van der Waals surface area contributed by atoms with E-state index in [2.05, 4.69) is 10.5 Å². The normalized spacial score (nSPS) is 12.1. The molecule has 0 spiro atoms. The van der Waals surface area contributed by atoms with Crippen LogP contribution in [-0.4, -0.2) is 29.8 Å². The Kier molecular flexibility index (Phi) is 5.03. The number of nitrogens with zero attached hydrogens (tertiary/aromatic N) is 1. The molecule has 0 radical (unpaired) electrons. The van der Waals surface area contributed by atoms with Gasteiger partial charge in [0.05, 0.1) is 5.69 Å². The minimum Gasteiger partial charge on any atom is -0.409 e. The van der Waals surface area contributed by atoms with Crippen molar-refractivity contribution in [2.24, 2.45) is 10.9 Å². The largest absolute Gasteiger partial charge is 0.409 e. The predicted molar refractivity (Wildman–Crippen MR) is 67.0 cm³/mol. The Bertz CT molecular complexity index is 534. The van der Waals surface area contributed by atoms with E-state index in [1.807, 2.05) is 0 Å². The molecule has 1 rings (SSSR count). The van der Waals surface area contributed by atoms with E-state index in [1.54, 1.807) is 5.32 Å². The van der Waals surface area contributed by atoms with E-state index >= 15 is 0 Å². The van der Waals surface area contributed by atoms with E-state index in [9.17, 15) is 18.0 Å². The number of benzene rings is 1. The molecule has 0 aliphatic heterocycles. The van der Waals surface area contributed by atoms with Crippen LogP contribution in [0, 0.1) is 0 Å². The first-order valence-corrected chi connectivity index (χ1v) is 5.50. The summed E-state index contributed by atoms with van der Waals surface area (Å²) in [6, 6.07) is 2.91. The number of carbonyl (C=O) groups excluding carboxylic acids is 1. The summed E-state index contributed by atoms with van der Waals surface area (Å²) in [7, 11) is 0. The van der Waals surface area contributed by atoms with E-state index < -0.39 is 18.8 Å². The van der Waals surface area contributed by atoms with Gasteiger partial charge in [0.15, 0.2) is 5.84 Å². The summed E-state index contributed by atoms with van der Waals surface area (Å²) in [6.07, 6.45) is -4.53. The highest BCUT2D eigenvalue weighted by molar-refractivity contribution is 6.31. The third-order valence-electron chi connectivity index (χ3n) is 2.06. The Balaban J connectivity index is 2.86. The number of amidine groups is 1. The van der Waals surface area contributed by atoms with E-state index in [0.29, 0.717) is 0 Å². The molecule has 10 heteroatoms. The molecule has 0 atom stereocenters. The number of oxime groups is 1. The third-order valence-corrected chi connectivity index (χ3v) is 2.30. The highest BCUT2D eigenvalue weighted by Crippen LogP contribution is 2.21. The number of rotatable bonds is 3. The van der Waals surface area contributed by atoms with Gasteiger partial charge in [-0.05, 0) is 18.2 Å². The number of hydrogen-bond acceptors (Lipinski definition) is 3. The van der Waals surface area contributed by atoms with Crippen LogP contribution in [0.25, 0.3) is 0 Å². The summed E-state index contributed by atoms with van der Waals surface area (Å²) >= 11 is 5.70. The smallest absolute Gasteiger partial charge is 0.405 e. The molecule has 0 bridgehead atoms. The van der Waals surface area contributed by atoms with Crippen molar-refractivity contribution in [3.8, 4) is 0 Å². The van der Waals surface area contributed by atoms with Crippen molar-refractivity contribution in [1.29, 1.82) is 0 Å². The monoisotopic (exact) mass is 310 g/mol. The lowest BCUT2D eigenvalue weighted by atomic mass is 10.1. The average Bonchev–Trinajstić information content (AvgIpc) is 2.35. The maximum absolute atomic E-state index is 11.9. The molecule has 0 saturated carbocycles. The summed E-state index contributed by atoms with van der Waals surface area (Å²) in [5.41, 5.74) is 5.49. The highest BCUT2D eigenvalue weighted by Gasteiger charge is 2.27. The van der Waals surface area contributed by atoms with Crippen molar-refractivity contribution >= 4 is 29.2 Å². The molecule has 0 unspecified atom stereocenters. The number of amides is 2. The zero-order valence-corrected chi connectivity index (χ0v) is 10.6. The lowest BCUT2D eigenvalue weighted by Gasteiger charge is -2.12. The van der Waals surface area contributed by atoms with Crippen LogP contribution in [0.4, 0.5) is 23.7 Å². The molecule has 0 aliphatic carbocycles. The Morgan fingerprint density at radius 2 is 2.10 bits per heavy atom. The van der Waals surface area contributed by atoms with E-state index in [1.165, 1.54) is 18.2 Å². The average molecular weight is 311 g/mol. The van der Waals surface area contributed by atoms with Gasteiger partial charge in [0.25, 0.3) is 0 Å². The fourth-order valence-electron chi connectivity index (χ4n) is 1.24. The lowest BCUT2D eigenvalue weighted by molar-refractivity contribution is -0.122. The quantitative estimate of drug-likeness (QED) is 0.298. The highest BCUT2D eigenvalue weighted by atomic mass is 35.5. The molecular formula is C10H10ClF3N4O2. The van der Waals surface area contributed by atoms with Crippen LogP contribution in [0.5, 0.6) is 0 Å². The maximum atomic E-state index is 11.9. The van der Waals surface area contributed by atoms with Gasteiger partial charge in [0.1, 0.15) is 6.54 Å². The fourth-order valence-corrected chi connectivity index (χ4v) is 1.42. The molecular weight excluding hydrogens is 301 g/mol. The topological polar surface area (TPSA) is 99.7 Å². The summed E-state index contributed by atoms with van der Waals surface area (Å²) in [5, 5.41) is 15.3. The Hall–Kier alpha value is -2.16. The van der Waals surface area contributed by atoms with E-state index in [-0.39, 0.29) is 22.1 Å². The number of nitrogens with two attached hydrogens (primary N) is 1. The molecule has 1 aromatic carbocycles. The number of anilines is 1. The summed E-state index contributed by atoms with van der Waals surface area (Å²) in [6.45, 7) is -1.49. The van der Waals surface area contributed by atoms with Crippen LogP contribution in [0.1, 0.15) is 5.56 Å². The number of hydrogen-bond donors (Lipinski definition) is 4. The molecule has 2 amide bonds. The second-order valence-electron chi connectivity index (χ2n) is 3.60. The minimum absolute atomic E-state index is 0.00692. The summed E-state index contributed by atoms with van der Waals surface area (Å²) < 4.78 is 35.8. The predicted octanol–water partition coefficient (Wildman–Crippen LogP) is 2.12. The number of alkyl halides is 3. The van der Waals surface area contributed by atoms with E-state index in [0.717, 1.165) is 0 Å². The Morgan fingerprint density at radius 1 is 1.45 bits per heavy atom. The van der Waals surface area contributed by atoms with Crippen LogP contribution >= 0.6 is 11.6 Å². The molecule has 0 fully saturated rings. The van der Waals surface area contributed by atoms with Crippen LogP contribution in [-0.2, 0) is 0 Å². The van der Waals surface area contributed by atoms with Gasteiger partial charge in [-0.15, -0.1) is 0 Å². The van der Waals surface area contributed by atoms with Gasteiger partial charge in [-0.2, -0.15) is 13.2 Å². The van der Waals surface area contributed by atoms with Crippen LogP contribution in [0.3, 0.4) is 0 Å². The minimum atomic E-state index is -4.53. The zero-order chi connectivity index (χ0) is 15.3. The number of halogens is 4. The molecule has 0 saturated heterocycles. The van der Waals surface area contributed by atoms with Gasteiger partial charge in [-0.1, -0.05) is 16.8 Å². The van der Waals surface area contributed by atoms with E-state index in [4.69, 9.17) is 22.5 Å². The summed E-state index contributed by atoms with van der Waals surface area (Å²) in [4.78, 5) is 11.3. The van der Waals surface area contributed by atoms with Crippen LogP contribution in [0.2, 0.25) is 5.02 Å². The molecule has 20 heavy (non-hydrogen) atoms. The second kappa shape index (κ2) is 6.33. The number of carbonyl (C=O) groups is 1. The van der Waals surface area contributed by atoms with Crippen LogP contribution < -0.4 is 16.4 Å². The van der Waals surface area contributed by atoms with Crippen molar-refractivity contribution in [3.63, 3.8) is 0 Å². The zero-order valence-electron chi connectivity index (χ0n) is 9.83. The molecule has 110 valence electrons. The van der Waals surface area contributed by atoms with Crippen molar-refractivity contribution < 1.29 is 23.2 Å². The van der Waals surface area contributed by atoms with Crippen LogP contribution in [0.15, 0.2) is 23.4 Å². The molecule has 6 nitrogen and oxygen atoms in total. The van der Waals surface area contributed by atoms with Gasteiger partial charge in [-0.25, -0.2) is 4.79 Å². The molecule has 0 aliphatic rings. The molecule has 1 aromatic rings. The van der Waals surface area contributed by atoms with Gasteiger partial charge < -0.3 is 21.6 Å². The number of nitrogens with one attached hydrogen (secondary N) is 2. The first-order valence-electron chi connectivity index (χ1n) is 5.12. The van der Waals surface area contributed by atoms with Gasteiger partial charge in [-0.3, -0.25) is 0 Å². The van der Waals surface area contributed by atoms with Crippen molar-refractivity contribution in [2.75, 3.05) is 11.9 Å². The van der Waals surface area contributed by atoms with Gasteiger partial charge >= 0.3 is 12.2 Å². The Labute approximate surface area is 116 Å².